The molecule has 0 unspecified atom stereocenters. The van der Waals surface area contributed by atoms with Crippen LogP contribution < -0.4 is 0 Å². The molecule has 47 heavy (non-hydrogen) atoms. The Morgan fingerprint density at radius 3 is 1.81 bits per heavy atom. The fraction of sp³-hybridized carbons (Fsp3) is 0.0870. The fourth-order valence-electron chi connectivity index (χ4n) is 8.19. The number of allylic oxidation sites excluding steroid dienone is 5. The maximum Gasteiger partial charge on any atom is 0.0544 e. The minimum absolute atomic E-state index is 0.0774. The van der Waals surface area contributed by atoms with Crippen molar-refractivity contribution in [3.05, 3.63) is 163 Å². The summed E-state index contributed by atoms with van der Waals surface area (Å²) in [5.74, 6) is 0. The quantitative estimate of drug-likeness (QED) is 0.140. The Morgan fingerprint density at radius 2 is 1.13 bits per heavy atom. The molecule has 0 radical (unpaired) electrons. The maximum atomic E-state index is 4.23. The second-order valence-electron chi connectivity index (χ2n) is 13.3. The average molecular weight is 602 g/mol. The zero-order valence-corrected chi connectivity index (χ0v) is 27.0. The van der Waals surface area contributed by atoms with E-state index in [9.17, 15) is 0 Å². The molecule has 7 aromatic carbocycles. The largest absolute Gasteiger partial charge is 0.309 e. The van der Waals surface area contributed by atoms with Gasteiger partial charge >= 0.3 is 0 Å². The molecule has 0 saturated heterocycles. The van der Waals surface area contributed by atoms with E-state index in [0.717, 1.165) is 5.70 Å². The van der Waals surface area contributed by atoms with E-state index in [2.05, 4.69) is 171 Å². The van der Waals surface area contributed by atoms with E-state index in [1.165, 1.54) is 87.5 Å². The van der Waals surface area contributed by atoms with Crippen LogP contribution in [-0.2, 0) is 5.41 Å². The number of benzene rings is 7. The molecule has 0 atom stereocenters. The molecule has 1 aromatic heterocycles. The van der Waals surface area contributed by atoms with Crippen molar-refractivity contribution in [2.24, 2.45) is 0 Å². The Morgan fingerprint density at radius 1 is 0.553 bits per heavy atom. The summed E-state index contributed by atoms with van der Waals surface area (Å²) in [6, 6.07) is 45.3. The fourth-order valence-corrected chi connectivity index (χ4v) is 8.19. The van der Waals surface area contributed by atoms with Gasteiger partial charge in [0.05, 0.1) is 11.0 Å². The van der Waals surface area contributed by atoms with Gasteiger partial charge in [-0.05, 0) is 115 Å². The number of hydrogen-bond acceptors (Lipinski definition) is 0. The minimum Gasteiger partial charge on any atom is -0.309 e. The SMILES string of the molecule is C=C/C(=C\C=C/C)n1c2ccc(-c3ccc4c5ccccc5c5ccccc5c4c3)cc2c2cc3c(cc21)C(C)(C)c1ccccc1-3. The van der Waals surface area contributed by atoms with Gasteiger partial charge in [0, 0.05) is 21.9 Å². The Labute approximate surface area is 275 Å². The third-order valence-electron chi connectivity index (χ3n) is 10.5. The summed E-state index contributed by atoms with van der Waals surface area (Å²) in [4.78, 5) is 0. The van der Waals surface area contributed by atoms with Crippen LogP contribution in [-0.4, -0.2) is 4.57 Å². The molecule has 1 nitrogen and oxygen atoms in total. The van der Waals surface area contributed by atoms with E-state index in [1.807, 2.05) is 6.08 Å². The molecule has 8 aromatic rings. The first kappa shape index (κ1) is 27.6. The van der Waals surface area contributed by atoms with E-state index in [-0.39, 0.29) is 5.41 Å². The average Bonchev–Trinajstić information content (AvgIpc) is 3.55. The van der Waals surface area contributed by atoms with Crippen molar-refractivity contribution in [2.45, 2.75) is 26.2 Å². The van der Waals surface area contributed by atoms with E-state index in [0.29, 0.717) is 0 Å². The minimum atomic E-state index is -0.0774. The standard InChI is InChI=1S/C46H35N/c1-5-7-14-31(6-2)47-44-24-22-30(26-40(44)41-27-39-37-19-12-13-20-42(37)46(3,4)43(39)28-45(41)47)29-21-23-36-34-17-9-8-15-32(34)33-16-10-11-18-35(33)38(36)25-29/h5-28H,2H2,1,3-4H3/b7-5-,31-14+. The lowest BCUT2D eigenvalue weighted by molar-refractivity contribution is 0.661. The van der Waals surface area contributed by atoms with Crippen molar-refractivity contribution in [3.8, 4) is 22.3 Å². The van der Waals surface area contributed by atoms with Gasteiger partial charge in [0.1, 0.15) is 0 Å². The molecule has 0 fully saturated rings. The van der Waals surface area contributed by atoms with Gasteiger partial charge in [0.15, 0.2) is 0 Å². The Kier molecular flexibility index (Phi) is 5.98. The van der Waals surface area contributed by atoms with Gasteiger partial charge in [-0.1, -0.05) is 124 Å². The first-order valence-electron chi connectivity index (χ1n) is 16.5. The van der Waals surface area contributed by atoms with Gasteiger partial charge in [0.2, 0.25) is 0 Å². The van der Waals surface area contributed by atoms with E-state index >= 15 is 0 Å². The second kappa shape index (κ2) is 10.2. The molecule has 0 amide bonds. The van der Waals surface area contributed by atoms with Crippen molar-refractivity contribution in [1.82, 2.24) is 4.57 Å². The van der Waals surface area contributed by atoms with Gasteiger partial charge < -0.3 is 4.57 Å². The molecule has 1 heterocycles. The third kappa shape index (κ3) is 3.90. The summed E-state index contributed by atoms with van der Waals surface area (Å²) in [5, 5.41) is 10.3. The summed E-state index contributed by atoms with van der Waals surface area (Å²) in [6.45, 7) is 11.0. The third-order valence-corrected chi connectivity index (χ3v) is 10.5. The Hall–Kier alpha value is -5.66. The molecule has 224 valence electrons. The summed E-state index contributed by atoms with van der Waals surface area (Å²) in [5.41, 5.74) is 11.3. The van der Waals surface area contributed by atoms with Gasteiger partial charge in [-0.25, -0.2) is 0 Å². The lowest BCUT2D eigenvalue weighted by Crippen LogP contribution is -2.15. The molecule has 0 saturated carbocycles. The lowest BCUT2D eigenvalue weighted by atomic mass is 9.82. The topological polar surface area (TPSA) is 4.93 Å². The van der Waals surface area contributed by atoms with Crippen molar-refractivity contribution in [2.75, 3.05) is 0 Å². The number of aromatic nitrogens is 1. The molecule has 0 bridgehead atoms. The summed E-state index contributed by atoms with van der Waals surface area (Å²) >= 11 is 0. The van der Waals surface area contributed by atoms with Crippen LogP contribution in [0.2, 0.25) is 0 Å². The molecular weight excluding hydrogens is 567 g/mol. The maximum absolute atomic E-state index is 4.23. The van der Waals surface area contributed by atoms with Crippen LogP contribution in [0.4, 0.5) is 0 Å². The first-order valence-corrected chi connectivity index (χ1v) is 16.5. The van der Waals surface area contributed by atoms with Crippen LogP contribution >= 0.6 is 0 Å². The summed E-state index contributed by atoms with van der Waals surface area (Å²) in [7, 11) is 0. The highest BCUT2D eigenvalue weighted by Gasteiger charge is 2.36. The zero-order valence-electron chi connectivity index (χ0n) is 27.0. The molecule has 1 heteroatoms. The van der Waals surface area contributed by atoms with Crippen LogP contribution in [0.5, 0.6) is 0 Å². The van der Waals surface area contributed by atoms with Crippen molar-refractivity contribution in [3.63, 3.8) is 0 Å². The van der Waals surface area contributed by atoms with Crippen molar-refractivity contribution >= 4 is 59.8 Å². The Balaban J connectivity index is 1.34. The van der Waals surface area contributed by atoms with Crippen LogP contribution in [0.3, 0.4) is 0 Å². The molecule has 0 spiro atoms. The highest BCUT2D eigenvalue weighted by Crippen LogP contribution is 2.51. The number of rotatable bonds is 4. The van der Waals surface area contributed by atoms with Crippen molar-refractivity contribution < 1.29 is 0 Å². The van der Waals surface area contributed by atoms with Gasteiger partial charge in [-0.2, -0.15) is 0 Å². The summed E-state index contributed by atoms with van der Waals surface area (Å²) in [6.07, 6.45) is 8.29. The van der Waals surface area contributed by atoms with Gasteiger partial charge in [-0.15, -0.1) is 0 Å². The van der Waals surface area contributed by atoms with E-state index < -0.39 is 0 Å². The van der Waals surface area contributed by atoms with Crippen LogP contribution in [0.25, 0.3) is 82.1 Å². The predicted octanol–water partition coefficient (Wildman–Crippen LogP) is 12.8. The molecule has 0 aliphatic heterocycles. The lowest BCUT2D eigenvalue weighted by Gasteiger charge is -2.21. The number of nitrogens with zero attached hydrogens (tertiary/aromatic N) is 1. The first-order chi connectivity index (χ1) is 23.0. The van der Waals surface area contributed by atoms with Crippen LogP contribution in [0, 0.1) is 0 Å². The molecule has 9 rings (SSSR count). The normalized spacial score (nSPS) is 14.1. The molecule has 1 aliphatic rings. The highest BCUT2D eigenvalue weighted by molar-refractivity contribution is 6.26. The molecule has 1 aliphatic carbocycles. The summed E-state index contributed by atoms with van der Waals surface area (Å²) < 4.78 is 2.39. The smallest absolute Gasteiger partial charge is 0.0544 e. The number of fused-ring (bicyclic) bond motifs is 12. The molecular formula is C46H35N. The van der Waals surface area contributed by atoms with E-state index in [1.54, 1.807) is 0 Å². The monoisotopic (exact) mass is 601 g/mol. The predicted molar refractivity (Wildman–Crippen MR) is 204 cm³/mol. The highest BCUT2D eigenvalue weighted by atomic mass is 15.0. The zero-order chi connectivity index (χ0) is 31.9. The molecule has 0 N–H and O–H groups in total. The van der Waals surface area contributed by atoms with Crippen molar-refractivity contribution in [1.29, 1.82) is 0 Å². The number of hydrogen-bond donors (Lipinski definition) is 0. The van der Waals surface area contributed by atoms with E-state index in [4.69, 9.17) is 0 Å². The van der Waals surface area contributed by atoms with Crippen LogP contribution in [0.15, 0.2) is 152 Å². The van der Waals surface area contributed by atoms with Crippen LogP contribution in [0.1, 0.15) is 31.9 Å². The Bertz CT molecular complexity index is 2640. The van der Waals surface area contributed by atoms with Gasteiger partial charge in [-0.3, -0.25) is 0 Å². The van der Waals surface area contributed by atoms with Gasteiger partial charge in [0.25, 0.3) is 0 Å². The second-order valence-corrected chi connectivity index (χ2v) is 13.3.